The summed E-state index contributed by atoms with van der Waals surface area (Å²) in [6.45, 7) is 2.40. The van der Waals surface area contributed by atoms with Crippen molar-refractivity contribution in [1.82, 2.24) is 20.5 Å². The summed E-state index contributed by atoms with van der Waals surface area (Å²) < 4.78 is 0. The number of aromatic amines is 1. The second kappa shape index (κ2) is 6.27. The Morgan fingerprint density at radius 1 is 1.41 bits per heavy atom. The van der Waals surface area contributed by atoms with Crippen molar-refractivity contribution in [2.45, 2.75) is 25.7 Å². The Hall–Kier alpha value is -2.21. The zero-order valence-corrected chi connectivity index (χ0v) is 12.5. The maximum Gasteiger partial charge on any atom is 0.251 e. The van der Waals surface area contributed by atoms with Crippen LogP contribution in [0.5, 0.6) is 0 Å². The second-order valence-corrected chi connectivity index (χ2v) is 5.89. The van der Waals surface area contributed by atoms with Crippen molar-refractivity contribution in [3.05, 3.63) is 35.7 Å². The van der Waals surface area contributed by atoms with E-state index in [0.717, 1.165) is 11.4 Å². The van der Waals surface area contributed by atoms with Crippen LogP contribution in [0.25, 0.3) is 11.4 Å². The predicted molar refractivity (Wildman–Crippen MR) is 82.4 cm³/mol. The molecule has 0 radical (unpaired) electrons. The highest BCUT2D eigenvalue weighted by molar-refractivity contribution is 5.94. The highest BCUT2D eigenvalue weighted by atomic mass is 16.3. The van der Waals surface area contributed by atoms with Crippen molar-refractivity contribution >= 4 is 5.91 Å². The minimum atomic E-state index is -0.138. The van der Waals surface area contributed by atoms with E-state index in [4.69, 9.17) is 5.11 Å². The molecule has 1 aliphatic carbocycles. The van der Waals surface area contributed by atoms with E-state index >= 15 is 0 Å². The molecule has 0 bridgehead atoms. The smallest absolute Gasteiger partial charge is 0.251 e. The van der Waals surface area contributed by atoms with E-state index in [1.54, 1.807) is 12.1 Å². The van der Waals surface area contributed by atoms with E-state index in [9.17, 15) is 4.79 Å². The van der Waals surface area contributed by atoms with Crippen LogP contribution in [0.15, 0.2) is 24.3 Å². The standard InChI is InChI=1S/C16H20N4O2/c1-10(9-21)8-17-16(22)13-6-4-12(5-7-13)15-18-14(19-20-15)11-2-3-11/h4-7,10-11,21H,2-3,8-9H2,1H3,(H,17,22)(H,18,19,20). The van der Waals surface area contributed by atoms with Crippen LogP contribution < -0.4 is 5.32 Å². The van der Waals surface area contributed by atoms with Gasteiger partial charge in [-0.15, -0.1) is 0 Å². The maximum atomic E-state index is 12.0. The Kier molecular flexibility index (Phi) is 4.20. The third-order valence-electron chi connectivity index (χ3n) is 3.79. The van der Waals surface area contributed by atoms with Crippen LogP contribution in [0.1, 0.15) is 41.9 Å². The molecule has 1 unspecified atom stereocenters. The number of benzene rings is 1. The summed E-state index contributed by atoms with van der Waals surface area (Å²) in [5, 5.41) is 19.0. The predicted octanol–water partition coefficient (Wildman–Crippen LogP) is 1.71. The lowest BCUT2D eigenvalue weighted by atomic mass is 10.1. The number of carbonyl (C=O) groups is 1. The summed E-state index contributed by atoms with van der Waals surface area (Å²) in [7, 11) is 0. The van der Waals surface area contributed by atoms with Crippen molar-refractivity contribution in [2.75, 3.05) is 13.2 Å². The number of amides is 1. The van der Waals surface area contributed by atoms with E-state index in [0.29, 0.717) is 23.9 Å². The third kappa shape index (κ3) is 3.33. The van der Waals surface area contributed by atoms with E-state index in [-0.39, 0.29) is 18.4 Å². The van der Waals surface area contributed by atoms with Gasteiger partial charge in [0, 0.05) is 30.2 Å². The van der Waals surface area contributed by atoms with Gasteiger partial charge >= 0.3 is 0 Å². The fraction of sp³-hybridized carbons (Fsp3) is 0.438. The first kappa shape index (κ1) is 14.7. The van der Waals surface area contributed by atoms with Crippen LogP contribution in [-0.4, -0.2) is 39.3 Å². The van der Waals surface area contributed by atoms with Gasteiger partial charge < -0.3 is 10.4 Å². The molecule has 3 rings (SSSR count). The Labute approximate surface area is 129 Å². The molecular formula is C16H20N4O2. The maximum absolute atomic E-state index is 12.0. The van der Waals surface area contributed by atoms with Gasteiger partial charge in [0.25, 0.3) is 5.91 Å². The van der Waals surface area contributed by atoms with Gasteiger partial charge in [0.05, 0.1) is 0 Å². The molecular weight excluding hydrogens is 280 g/mol. The number of nitrogens with one attached hydrogen (secondary N) is 2. The molecule has 1 aliphatic rings. The van der Waals surface area contributed by atoms with Crippen molar-refractivity contribution < 1.29 is 9.90 Å². The van der Waals surface area contributed by atoms with Gasteiger partial charge in [-0.25, -0.2) is 4.98 Å². The molecule has 1 fully saturated rings. The molecule has 1 atom stereocenters. The number of aliphatic hydroxyl groups is 1. The molecule has 22 heavy (non-hydrogen) atoms. The lowest BCUT2D eigenvalue weighted by Gasteiger charge is -2.09. The highest BCUT2D eigenvalue weighted by Gasteiger charge is 2.27. The monoisotopic (exact) mass is 300 g/mol. The molecule has 116 valence electrons. The number of rotatable bonds is 6. The van der Waals surface area contributed by atoms with Crippen LogP contribution in [0.2, 0.25) is 0 Å². The fourth-order valence-corrected chi connectivity index (χ4v) is 2.15. The van der Waals surface area contributed by atoms with Crippen molar-refractivity contribution in [3.8, 4) is 11.4 Å². The SMILES string of the molecule is CC(CO)CNC(=O)c1ccc(-c2n[nH]c(C3CC3)n2)cc1. The summed E-state index contributed by atoms with van der Waals surface area (Å²) in [6, 6.07) is 7.23. The Morgan fingerprint density at radius 2 is 2.14 bits per heavy atom. The molecule has 3 N–H and O–H groups in total. The number of H-pyrrole nitrogens is 1. The first-order valence-electron chi connectivity index (χ1n) is 7.59. The molecule has 1 aromatic heterocycles. The number of carbonyl (C=O) groups excluding carboxylic acids is 1. The largest absolute Gasteiger partial charge is 0.396 e. The summed E-state index contributed by atoms with van der Waals surface area (Å²) in [5.41, 5.74) is 1.48. The molecule has 0 aliphatic heterocycles. The van der Waals surface area contributed by atoms with Gasteiger partial charge in [-0.1, -0.05) is 19.1 Å². The molecule has 1 amide bonds. The lowest BCUT2D eigenvalue weighted by Crippen LogP contribution is -2.29. The summed E-state index contributed by atoms with van der Waals surface area (Å²) in [6.07, 6.45) is 2.36. The molecule has 1 heterocycles. The average molecular weight is 300 g/mol. The molecule has 1 aromatic carbocycles. The number of aliphatic hydroxyl groups excluding tert-OH is 1. The lowest BCUT2D eigenvalue weighted by molar-refractivity contribution is 0.0942. The van der Waals surface area contributed by atoms with Crippen LogP contribution in [0, 0.1) is 5.92 Å². The topological polar surface area (TPSA) is 90.9 Å². The Balaban J connectivity index is 1.65. The van der Waals surface area contributed by atoms with E-state index < -0.39 is 0 Å². The highest BCUT2D eigenvalue weighted by Crippen LogP contribution is 2.38. The van der Waals surface area contributed by atoms with Crippen LogP contribution in [-0.2, 0) is 0 Å². The molecule has 0 saturated heterocycles. The second-order valence-electron chi connectivity index (χ2n) is 5.89. The fourth-order valence-electron chi connectivity index (χ4n) is 2.15. The zero-order chi connectivity index (χ0) is 15.5. The first-order chi connectivity index (χ1) is 10.7. The number of nitrogens with zero attached hydrogens (tertiary/aromatic N) is 2. The molecule has 1 saturated carbocycles. The number of hydrogen-bond acceptors (Lipinski definition) is 4. The average Bonchev–Trinajstić information content (AvgIpc) is 3.29. The van der Waals surface area contributed by atoms with Gasteiger partial charge in [-0.05, 0) is 30.9 Å². The quantitative estimate of drug-likeness (QED) is 0.757. The van der Waals surface area contributed by atoms with E-state index in [1.807, 2.05) is 19.1 Å². The Morgan fingerprint density at radius 3 is 2.77 bits per heavy atom. The van der Waals surface area contributed by atoms with E-state index in [2.05, 4.69) is 20.5 Å². The van der Waals surface area contributed by atoms with Crippen LogP contribution >= 0.6 is 0 Å². The Bertz CT molecular complexity index is 646. The van der Waals surface area contributed by atoms with Crippen molar-refractivity contribution in [2.24, 2.45) is 5.92 Å². The minimum Gasteiger partial charge on any atom is -0.396 e. The van der Waals surface area contributed by atoms with Gasteiger partial charge in [0.2, 0.25) is 0 Å². The van der Waals surface area contributed by atoms with Gasteiger partial charge in [-0.2, -0.15) is 5.10 Å². The van der Waals surface area contributed by atoms with Crippen LogP contribution in [0.4, 0.5) is 0 Å². The third-order valence-corrected chi connectivity index (χ3v) is 3.79. The van der Waals surface area contributed by atoms with Gasteiger partial charge in [0.1, 0.15) is 5.82 Å². The van der Waals surface area contributed by atoms with Crippen molar-refractivity contribution in [3.63, 3.8) is 0 Å². The first-order valence-corrected chi connectivity index (χ1v) is 7.59. The number of hydrogen-bond donors (Lipinski definition) is 3. The van der Waals surface area contributed by atoms with Gasteiger partial charge in [0.15, 0.2) is 5.82 Å². The van der Waals surface area contributed by atoms with Gasteiger partial charge in [-0.3, -0.25) is 9.89 Å². The summed E-state index contributed by atoms with van der Waals surface area (Å²) >= 11 is 0. The molecule has 0 spiro atoms. The zero-order valence-electron chi connectivity index (χ0n) is 12.5. The molecule has 2 aromatic rings. The van der Waals surface area contributed by atoms with Crippen molar-refractivity contribution in [1.29, 1.82) is 0 Å². The minimum absolute atomic E-state index is 0.0531. The molecule has 6 heteroatoms. The summed E-state index contributed by atoms with van der Waals surface area (Å²) in [4.78, 5) is 16.5. The number of aromatic nitrogens is 3. The molecule has 6 nitrogen and oxygen atoms in total. The van der Waals surface area contributed by atoms with E-state index in [1.165, 1.54) is 12.8 Å². The normalized spacial score (nSPS) is 15.5. The van der Waals surface area contributed by atoms with Crippen LogP contribution in [0.3, 0.4) is 0 Å². The summed E-state index contributed by atoms with van der Waals surface area (Å²) in [5.74, 6) is 2.08.